The molecule has 0 saturated carbocycles. The van der Waals surface area contributed by atoms with Gasteiger partial charge in [0.05, 0.1) is 18.8 Å². The van der Waals surface area contributed by atoms with E-state index in [0.29, 0.717) is 25.5 Å². The van der Waals surface area contributed by atoms with E-state index in [1.165, 1.54) is 6.08 Å². The van der Waals surface area contributed by atoms with Gasteiger partial charge in [0.15, 0.2) is 0 Å². The molecule has 1 aliphatic rings. The molecule has 0 spiro atoms. The molecule has 1 aromatic rings. The van der Waals surface area contributed by atoms with Crippen LogP contribution in [0.3, 0.4) is 0 Å². The van der Waals surface area contributed by atoms with E-state index >= 15 is 0 Å². The lowest BCUT2D eigenvalue weighted by molar-refractivity contribution is 0.103. The molecule has 2 rings (SSSR count). The number of fused-ring (bicyclic) bond motifs is 1. The highest BCUT2D eigenvalue weighted by atomic mass is 16.5. The Balaban J connectivity index is 2.44. The van der Waals surface area contributed by atoms with Gasteiger partial charge < -0.3 is 9.26 Å². The normalized spacial score (nSPS) is 15.0. The lowest BCUT2D eigenvalue weighted by Crippen LogP contribution is -2.06. The quantitative estimate of drug-likeness (QED) is 0.455. The summed E-state index contributed by atoms with van der Waals surface area (Å²) in [6, 6.07) is 0. The minimum absolute atomic E-state index is 0.291. The average molecular weight is 166 g/mol. The van der Waals surface area contributed by atoms with E-state index in [4.69, 9.17) is 9.26 Å². The molecule has 0 amide bonds. The first-order chi connectivity index (χ1) is 5.92. The highest BCUT2D eigenvalue weighted by Crippen LogP contribution is 2.25. The second kappa shape index (κ2) is 2.89. The molecule has 0 saturated heterocycles. The molecule has 0 aliphatic carbocycles. The van der Waals surface area contributed by atoms with Gasteiger partial charge in [0.25, 0.3) is 0 Å². The van der Waals surface area contributed by atoms with Gasteiger partial charge in [-0.15, -0.1) is 4.99 Å². The van der Waals surface area contributed by atoms with E-state index < -0.39 is 0 Å². The monoisotopic (exact) mass is 166 g/mol. The molecule has 0 N–H and O–H groups in total. The molecular weight excluding hydrogens is 160 g/mol. The molecule has 0 unspecified atom stereocenters. The van der Waals surface area contributed by atoms with Crippen molar-refractivity contribution in [2.75, 3.05) is 6.61 Å². The number of rotatable bonds is 1. The smallest absolute Gasteiger partial charge is 0.242 e. The summed E-state index contributed by atoms with van der Waals surface area (Å²) in [6.07, 6.45) is 2.11. The highest BCUT2D eigenvalue weighted by molar-refractivity contribution is 5.49. The molecule has 1 aliphatic heterocycles. The summed E-state index contributed by atoms with van der Waals surface area (Å²) in [5, 5.41) is 3.60. The Labute approximate surface area is 68.0 Å². The Morgan fingerprint density at radius 2 is 2.50 bits per heavy atom. The van der Waals surface area contributed by atoms with Gasteiger partial charge in [-0.2, -0.15) is 0 Å². The topological polar surface area (TPSA) is 64.7 Å². The van der Waals surface area contributed by atoms with E-state index in [1.807, 2.05) is 0 Å². The van der Waals surface area contributed by atoms with Crippen molar-refractivity contribution in [3.8, 4) is 0 Å². The molecule has 0 fully saturated rings. The van der Waals surface area contributed by atoms with Crippen molar-refractivity contribution in [2.24, 2.45) is 4.99 Å². The van der Waals surface area contributed by atoms with Crippen LogP contribution in [-0.4, -0.2) is 17.8 Å². The van der Waals surface area contributed by atoms with Crippen LogP contribution in [0.5, 0.6) is 0 Å². The van der Waals surface area contributed by atoms with Crippen molar-refractivity contribution >= 4 is 11.9 Å². The second-order valence-corrected chi connectivity index (χ2v) is 2.41. The van der Waals surface area contributed by atoms with Crippen LogP contribution in [0.25, 0.3) is 0 Å². The number of carbonyl (C=O) groups excluding carboxylic acids is 1. The van der Waals surface area contributed by atoms with E-state index in [-0.39, 0.29) is 0 Å². The van der Waals surface area contributed by atoms with Gasteiger partial charge in [0.2, 0.25) is 11.9 Å². The first-order valence-electron chi connectivity index (χ1n) is 3.55. The van der Waals surface area contributed by atoms with Crippen LogP contribution in [0.15, 0.2) is 9.52 Å². The van der Waals surface area contributed by atoms with Gasteiger partial charge in [0, 0.05) is 6.42 Å². The number of hydrogen-bond acceptors (Lipinski definition) is 5. The van der Waals surface area contributed by atoms with Crippen molar-refractivity contribution < 1.29 is 14.1 Å². The highest BCUT2D eigenvalue weighted by Gasteiger charge is 2.19. The summed E-state index contributed by atoms with van der Waals surface area (Å²) in [5.41, 5.74) is 0.768. The van der Waals surface area contributed by atoms with Gasteiger partial charge >= 0.3 is 0 Å². The standard InChI is InChI=1S/C7H6N2O3/c10-4-8-7-5-3-11-2-1-6(5)12-9-7/h1-3H2. The summed E-state index contributed by atoms with van der Waals surface area (Å²) in [5.74, 6) is 1.05. The summed E-state index contributed by atoms with van der Waals surface area (Å²) >= 11 is 0. The zero-order valence-electron chi connectivity index (χ0n) is 6.24. The van der Waals surface area contributed by atoms with E-state index in [1.54, 1.807) is 0 Å². The average Bonchev–Trinajstić information content (AvgIpc) is 2.50. The third-order valence-electron chi connectivity index (χ3n) is 1.72. The van der Waals surface area contributed by atoms with Gasteiger partial charge in [-0.1, -0.05) is 5.16 Å². The van der Waals surface area contributed by atoms with Crippen molar-refractivity contribution in [1.82, 2.24) is 5.16 Å². The number of isocyanates is 1. The maximum atomic E-state index is 9.94. The Hall–Kier alpha value is -1.45. The van der Waals surface area contributed by atoms with Crippen molar-refractivity contribution in [3.05, 3.63) is 11.3 Å². The number of aromatic nitrogens is 1. The van der Waals surface area contributed by atoms with Crippen LogP contribution in [0.1, 0.15) is 11.3 Å². The fraction of sp³-hybridized carbons (Fsp3) is 0.429. The summed E-state index contributed by atoms with van der Waals surface area (Å²) in [4.78, 5) is 13.3. The molecule has 12 heavy (non-hydrogen) atoms. The van der Waals surface area contributed by atoms with Crippen LogP contribution >= 0.6 is 0 Å². The first kappa shape index (κ1) is 7.21. The summed E-state index contributed by atoms with van der Waals surface area (Å²) in [6.45, 7) is 1.05. The van der Waals surface area contributed by atoms with Crippen LogP contribution in [-0.2, 0) is 22.6 Å². The summed E-state index contributed by atoms with van der Waals surface area (Å²) < 4.78 is 10.1. The largest absolute Gasteiger partial charge is 0.376 e. The first-order valence-corrected chi connectivity index (χ1v) is 3.55. The minimum Gasteiger partial charge on any atom is -0.376 e. The molecule has 0 aromatic carbocycles. The van der Waals surface area contributed by atoms with Crippen LogP contribution in [0, 0.1) is 0 Å². The number of ether oxygens (including phenoxy) is 1. The maximum absolute atomic E-state index is 9.94. The number of nitrogens with zero attached hydrogens (tertiary/aromatic N) is 2. The summed E-state index contributed by atoms with van der Waals surface area (Å²) in [7, 11) is 0. The van der Waals surface area contributed by atoms with Crippen molar-refractivity contribution in [1.29, 1.82) is 0 Å². The molecule has 2 heterocycles. The van der Waals surface area contributed by atoms with Crippen molar-refractivity contribution in [3.63, 3.8) is 0 Å². The molecule has 0 radical (unpaired) electrons. The molecular formula is C7H6N2O3. The van der Waals surface area contributed by atoms with Crippen LogP contribution in [0.4, 0.5) is 5.82 Å². The number of aliphatic imine (C=N–C) groups is 1. The molecule has 0 atom stereocenters. The van der Waals surface area contributed by atoms with E-state index in [0.717, 1.165) is 11.3 Å². The fourth-order valence-electron chi connectivity index (χ4n) is 1.15. The van der Waals surface area contributed by atoms with Crippen molar-refractivity contribution in [2.45, 2.75) is 13.0 Å². The maximum Gasteiger partial charge on any atom is 0.242 e. The number of hydrogen-bond donors (Lipinski definition) is 0. The SMILES string of the molecule is O=C=Nc1noc2c1COCC2. The van der Waals surface area contributed by atoms with E-state index in [2.05, 4.69) is 10.1 Å². The van der Waals surface area contributed by atoms with E-state index in [9.17, 15) is 4.79 Å². The Morgan fingerprint density at radius 3 is 3.33 bits per heavy atom. The van der Waals surface area contributed by atoms with Gasteiger partial charge in [-0.05, 0) is 0 Å². The predicted molar refractivity (Wildman–Crippen MR) is 37.6 cm³/mol. The van der Waals surface area contributed by atoms with Gasteiger partial charge in [-0.25, -0.2) is 4.79 Å². The Bertz CT molecular complexity index is 338. The van der Waals surface area contributed by atoms with Gasteiger partial charge in [-0.3, -0.25) is 0 Å². The molecule has 62 valence electrons. The Kier molecular flexibility index (Phi) is 1.74. The van der Waals surface area contributed by atoms with Crippen LogP contribution in [0.2, 0.25) is 0 Å². The second-order valence-electron chi connectivity index (χ2n) is 2.41. The molecule has 1 aromatic heterocycles. The van der Waals surface area contributed by atoms with Crippen LogP contribution < -0.4 is 0 Å². The lowest BCUT2D eigenvalue weighted by Gasteiger charge is -2.08. The molecule has 5 nitrogen and oxygen atoms in total. The minimum atomic E-state index is 0.291. The molecule has 0 bridgehead atoms. The zero-order chi connectivity index (χ0) is 8.39. The predicted octanol–water partition coefficient (Wildman–Crippen LogP) is 0.715. The third-order valence-corrected chi connectivity index (χ3v) is 1.72. The lowest BCUT2D eigenvalue weighted by atomic mass is 10.2. The van der Waals surface area contributed by atoms with Gasteiger partial charge in [0.1, 0.15) is 5.76 Å². The fourth-order valence-corrected chi connectivity index (χ4v) is 1.15. The zero-order valence-corrected chi connectivity index (χ0v) is 6.24. The molecule has 5 heteroatoms. The third kappa shape index (κ3) is 1.05. The Morgan fingerprint density at radius 1 is 1.58 bits per heavy atom.